The normalized spacial score (nSPS) is 10.4. The van der Waals surface area contributed by atoms with Gasteiger partial charge in [0.2, 0.25) is 0 Å². The van der Waals surface area contributed by atoms with Crippen molar-refractivity contribution < 1.29 is 9.13 Å². The topological polar surface area (TPSA) is 48.1 Å². The number of aryl methyl sites for hydroxylation is 1. The summed E-state index contributed by atoms with van der Waals surface area (Å²) in [5.74, 6) is 0.146. The van der Waals surface area contributed by atoms with Crippen LogP contribution in [0.1, 0.15) is 16.7 Å². The summed E-state index contributed by atoms with van der Waals surface area (Å²) in [5, 5.41) is 0. The molecule has 0 amide bonds. The second kappa shape index (κ2) is 5.60. The third-order valence-corrected chi connectivity index (χ3v) is 2.50. The van der Waals surface area contributed by atoms with Crippen molar-refractivity contribution in [1.82, 2.24) is 4.98 Å². The van der Waals surface area contributed by atoms with Crippen molar-refractivity contribution in [3.63, 3.8) is 0 Å². The highest BCUT2D eigenvalue weighted by molar-refractivity contribution is 5.30. The maximum Gasteiger partial charge on any atom is 0.127 e. The lowest BCUT2D eigenvalue weighted by Gasteiger charge is -2.08. The molecule has 0 saturated heterocycles. The molecule has 4 heteroatoms. The van der Waals surface area contributed by atoms with Gasteiger partial charge in [-0.3, -0.25) is 4.98 Å². The zero-order valence-electron chi connectivity index (χ0n) is 10.2. The Bertz CT molecular complexity index is 543. The Morgan fingerprint density at radius 1 is 1.17 bits per heavy atom. The monoisotopic (exact) mass is 246 g/mol. The first-order chi connectivity index (χ1) is 8.67. The van der Waals surface area contributed by atoms with Crippen LogP contribution in [0.25, 0.3) is 0 Å². The lowest BCUT2D eigenvalue weighted by Crippen LogP contribution is -2.00. The molecule has 0 aliphatic carbocycles. The Balaban J connectivity index is 2.08. The lowest BCUT2D eigenvalue weighted by molar-refractivity contribution is 0.303. The zero-order chi connectivity index (χ0) is 13.0. The fourth-order valence-corrected chi connectivity index (χ4v) is 1.69. The minimum absolute atomic E-state index is 0.292. The maximum absolute atomic E-state index is 13.3. The number of ether oxygens (including phenoxy) is 1. The highest BCUT2D eigenvalue weighted by Crippen LogP contribution is 2.17. The van der Waals surface area contributed by atoms with Gasteiger partial charge in [0, 0.05) is 30.6 Å². The molecular weight excluding hydrogens is 231 g/mol. The molecule has 18 heavy (non-hydrogen) atoms. The molecule has 0 fully saturated rings. The van der Waals surface area contributed by atoms with Crippen LogP contribution in [0.15, 0.2) is 36.7 Å². The summed E-state index contributed by atoms with van der Waals surface area (Å²) in [5.41, 5.74) is 8.22. The largest absolute Gasteiger partial charge is 0.489 e. The molecule has 0 aliphatic rings. The first-order valence-corrected chi connectivity index (χ1v) is 5.70. The van der Waals surface area contributed by atoms with Crippen molar-refractivity contribution >= 4 is 0 Å². The van der Waals surface area contributed by atoms with Gasteiger partial charge in [0.1, 0.15) is 18.2 Å². The molecule has 3 nitrogen and oxygen atoms in total. The molecule has 0 aliphatic heterocycles. The minimum atomic E-state index is -0.338. The molecule has 1 heterocycles. The van der Waals surface area contributed by atoms with Gasteiger partial charge < -0.3 is 10.5 Å². The van der Waals surface area contributed by atoms with Gasteiger partial charge in [-0.2, -0.15) is 0 Å². The van der Waals surface area contributed by atoms with Gasteiger partial charge in [0.15, 0.2) is 0 Å². The molecule has 1 aromatic heterocycles. The summed E-state index contributed by atoms with van der Waals surface area (Å²) in [6, 6.07) is 6.48. The molecule has 0 spiro atoms. The average Bonchev–Trinajstić information content (AvgIpc) is 2.36. The van der Waals surface area contributed by atoms with Gasteiger partial charge in [-0.1, -0.05) is 0 Å². The minimum Gasteiger partial charge on any atom is -0.489 e. The van der Waals surface area contributed by atoms with Crippen molar-refractivity contribution in [1.29, 1.82) is 0 Å². The average molecular weight is 246 g/mol. The molecule has 0 bridgehead atoms. The van der Waals surface area contributed by atoms with E-state index in [-0.39, 0.29) is 5.82 Å². The van der Waals surface area contributed by atoms with Crippen molar-refractivity contribution in [2.24, 2.45) is 5.73 Å². The van der Waals surface area contributed by atoms with E-state index < -0.39 is 0 Å². The Morgan fingerprint density at radius 2 is 2.00 bits per heavy atom. The van der Waals surface area contributed by atoms with Gasteiger partial charge in [0.05, 0.1) is 0 Å². The SMILES string of the molecule is Cc1cncc(COc2cc(F)cc(CN)c2)c1. The van der Waals surface area contributed by atoms with Crippen LogP contribution < -0.4 is 10.5 Å². The van der Waals surface area contributed by atoms with E-state index in [9.17, 15) is 4.39 Å². The molecule has 0 atom stereocenters. The molecule has 0 unspecified atom stereocenters. The van der Waals surface area contributed by atoms with Crippen molar-refractivity contribution in [3.05, 3.63) is 59.2 Å². The first kappa shape index (κ1) is 12.5. The summed E-state index contributed by atoms with van der Waals surface area (Å²) in [6.45, 7) is 2.62. The number of rotatable bonds is 4. The third-order valence-electron chi connectivity index (χ3n) is 2.50. The van der Waals surface area contributed by atoms with Gasteiger partial charge in [-0.25, -0.2) is 4.39 Å². The lowest BCUT2D eigenvalue weighted by atomic mass is 10.2. The second-order valence-corrected chi connectivity index (χ2v) is 4.16. The number of nitrogens with two attached hydrogens (primary N) is 1. The van der Waals surface area contributed by atoms with Crippen LogP contribution in [-0.2, 0) is 13.2 Å². The van der Waals surface area contributed by atoms with Crippen LogP contribution in [0.3, 0.4) is 0 Å². The standard InChI is InChI=1S/C14H15FN2O/c1-10-2-12(8-17-7-10)9-18-14-4-11(6-16)3-13(15)5-14/h2-5,7-8H,6,9,16H2,1H3. The number of aromatic nitrogens is 1. The van der Waals surface area contributed by atoms with Crippen LogP contribution in [0, 0.1) is 12.7 Å². The van der Waals surface area contributed by atoms with E-state index in [0.29, 0.717) is 24.5 Å². The fourth-order valence-electron chi connectivity index (χ4n) is 1.69. The fraction of sp³-hybridized carbons (Fsp3) is 0.214. The van der Waals surface area contributed by atoms with Gasteiger partial charge >= 0.3 is 0 Å². The highest BCUT2D eigenvalue weighted by Gasteiger charge is 2.02. The van der Waals surface area contributed by atoms with E-state index in [0.717, 1.165) is 11.1 Å². The first-order valence-electron chi connectivity index (χ1n) is 5.70. The summed E-state index contributed by atoms with van der Waals surface area (Å²) in [4.78, 5) is 4.07. The van der Waals surface area contributed by atoms with E-state index >= 15 is 0 Å². The summed E-state index contributed by atoms with van der Waals surface area (Å²) in [7, 11) is 0. The number of benzene rings is 1. The van der Waals surface area contributed by atoms with E-state index in [4.69, 9.17) is 10.5 Å². The van der Waals surface area contributed by atoms with E-state index in [1.807, 2.05) is 13.0 Å². The summed E-state index contributed by atoms with van der Waals surface area (Å²) < 4.78 is 18.8. The van der Waals surface area contributed by atoms with Crippen molar-refractivity contribution in [2.45, 2.75) is 20.1 Å². The highest BCUT2D eigenvalue weighted by atomic mass is 19.1. The molecular formula is C14H15FN2O. The van der Waals surface area contributed by atoms with Crippen LogP contribution >= 0.6 is 0 Å². The molecule has 2 rings (SSSR count). The van der Waals surface area contributed by atoms with Gasteiger partial charge in [0.25, 0.3) is 0 Å². The Morgan fingerprint density at radius 3 is 2.72 bits per heavy atom. The summed E-state index contributed by atoms with van der Waals surface area (Å²) >= 11 is 0. The van der Waals surface area contributed by atoms with Crippen LogP contribution in [-0.4, -0.2) is 4.98 Å². The predicted octanol–water partition coefficient (Wildman–Crippen LogP) is 2.57. The number of pyridine rings is 1. The number of hydrogen-bond donors (Lipinski definition) is 1. The molecule has 1 aromatic carbocycles. The van der Waals surface area contributed by atoms with Gasteiger partial charge in [-0.05, 0) is 36.2 Å². The van der Waals surface area contributed by atoms with Crippen molar-refractivity contribution in [3.8, 4) is 5.75 Å². The molecule has 0 saturated carbocycles. The van der Waals surface area contributed by atoms with Gasteiger partial charge in [-0.15, -0.1) is 0 Å². The Labute approximate surface area is 105 Å². The molecule has 2 N–H and O–H groups in total. The predicted molar refractivity (Wildman–Crippen MR) is 67.6 cm³/mol. The third kappa shape index (κ3) is 3.28. The van der Waals surface area contributed by atoms with Crippen molar-refractivity contribution in [2.75, 3.05) is 0 Å². The quantitative estimate of drug-likeness (QED) is 0.902. The molecule has 2 aromatic rings. The Hall–Kier alpha value is -1.94. The van der Waals surface area contributed by atoms with Crippen LogP contribution in [0.4, 0.5) is 4.39 Å². The van der Waals surface area contributed by atoms with E-state index in [1.54, 1.807) is 18.5 Å². The number of halogens is 1. The Kier molecular flexibility index (Phi) is 3.89. The van der Waals surface area contributed by atoms with E-state index in [1.165, 1.54) is 12.1 Å². The van der Waals surface area contributed by atoms with E-state index in [2.05, 4.69) is 4.98 Å². The summed E-state index contributed by atoms with van der Waals surface area (Å²) in [6.07, 6.45) is 3.51. The molecule has 0 radical (unpaired) electrons. The molecule has 94 valence electrons. The smallest absolute Gasteiger partial charge is 0.127 e. The zero-order valence-corrected chi connectivity index (χ0v) is 10.2. The number of hydrogen-bond acceptors (Lipinski definition) is 3. The second-order valence-electron chi connectivity index (χ2n) is 4.16. The maximum atomic E-state index is 13.3. The van der Waals surface area contributed by atoms with Crippen LogP contribution in [0.5, 0.6) is 5.75 Å². The number of nitrogens with zero attached hydrogens (tertiary/aromatic N) is 1. The van der Waals surface area contributed by atoms with Crippen LogP contribution in [0.2, 0.25) is 0 Å².